The van der Waals surface area contributed by atoms with Gasteiger partial charge in [0.2, 0.25) is 0 Å². The molecule has 20 aromatic rings. The summed E-state index contributed by atoms with van der Waals surface area (Å²) in [7, 11) is 0. The summed E-state index contributed by atoms with van der Waals surface area (Å²) in [5, 5.41) is 12.2. The molecule has 0 fully saturated rings. The van der Waals surface area contributed by atoms with Crippen molar-refractivity contribution in [2.24, 2.45) is 0 Å². The number of aryl methyl sites for hydroxylation is 8. The molecule has 20 rings (SSSR count). The third kappa shape index (κ3) is 11.1. The molecule has 4 aromatic carbocycles. The average molecular weight is 1510 g/mol. The van der Waals surface area contributed by atoms with Crippen molar-refractivity contribution in [1.82, 2.24) is 84.7 Å². The number of fused-ring (bicyclic) bond motifs is 8. The molecular formula is C95H77N21. The monoisotopic (exact) mass is 1510 g/mol. The lowest BCUT2D eigenvalue weighted by Crippen LogP contribution is -2.20. The SMILES string of the molecule is CCc1c(N(c2cnc3ncccc3c2CC)c2cc(N(c3cnc4ncccc4c3CC)c3cnc4ncccc4c3CC)c3ccc4c(N(c5cnc6ncccc6c5CC)c5cnc6nccnc6c5CC)cc(N(c5cnc6ncccc6c5CC)c5cnc6ncccc6c5CC)c5ccc2c3c54)cnc2ncccc12. The Morgan fingerprint density at radius 3 is 0.586 bits per heavy atom. The second-order valence-corrected chi connectivity index (χ2v) is 28.9. The summed E-state index contributed by atoms with van der Waals surface area (Å²) in [5.41, 5.74) is 24.2. The van der Waals surface area contributed by atoms with E-state index in [0.717, 1.165) is 183 Å². The van der Waals surface area contributed by atoms with Crippen LogP contribution in [0.4, 0.5) is 68.2 Å². The normalized spacial score (nSPS) is 11.9. The van der Waals surface area contributed by atoms with Gasteiger partial charge in [-0.25, -0.2) is 79.7 Å². The van der Waals surface area contributed by atoms with E-state index < -0.39 is 0 Å². The van der Waals surface area contributed by atoms with Gasteiger partial charge >= 0.3 is 0 Å². The number of anilines is 12. The molecule has 0 radical (unpaired) electrons. The molecule has 0 saturated heterocycles. The number of hydrogen-bond donors (Lipinski definition) is 0. The highest BCUT2D eigenvalue weighted by Gasteiger charge is 2.36. The van der Waals surface area contributed by atoms with E-state index in [1.165, 1.54) is 0 Å². The van der Waals surface area contributed by atoms with Crippen LogP contribution >= 0.6 is 0 Å². The van der Waals surface area contributed by atoms with Gasteiger partial charge < -0.3 is 19.6 Å². The smallest absolute Gasteiger partial charge is 0.178 e. The quantitative estimate of drug-likeness (QED) is 0.0645. The van der Waals surface area contributed by atoms with Crippen LogP contribution in [0.5, 0.6) is 0 Å². The van der Waals surface area contributed by atoms with E-state index in [4.69, 9.17) is 84.7 Å². The number of nitrogens with zero attached hydrogens (tertiary/aromatic N) is 21. The third-order valence-corrected chi connectivity index (χ3v) is 23.2. The van der Waals surface area contributed by atoms with E-state index in [2.05, 4.69) is 154 Å². The van der Waals surface area contributed by atoms with Gasteiger partial charge in [0.05, 0.1) is 118 Å². The second kappa shape index (κ2) is 28.9. The van der Waals surface area contributed by atoms with Crippen LogP contribution in [-0.2, 0) is 51.4 Å². The van der Waals surface area contributed by atoms with Gasteiger partial charge in [-0.3, -0.25) is 4.98 Å². The van der Waals surface area contributed by atoms with Gasteiger partial charge in [0.1, 0.15) is 5.52 Å². The molecule has 0 aliphatic carbocycles. The van der Waals surface area contributed by atoms with Gasteiger partial charge in [-0.15, -0.1) is 0 Å². The molecule has 0 aliphatic rings. The predicted molar refractivity (Wildman–Crippen MR) is 466 cm³/mol. The Morgan fingerprint density at radius 2 is 0.371 bits per heavy atom. The lowest BCUT2D eigenvalue weighted by Gasteiger charge is -2.36. The van der Waals surface area contributed by atoms with Crippen LogP contribution in [0.15, 0.2) is 227 Å². The van der Waals surface area contributed by atoms with Crippen molar-refractivity contribution >= 4 is 189 Å². The van der Waals surface area contributed by atoms with Gasteiger partial charge in [0, 0.05) is 131 Å². The highest BCUT2D eigenvalue weighted by molar-refractivity contribution is 6.33. The van der Waals surface area contributed by atoms with Crippen molar-refractivity contribution < 1.29 is 0 Å². The van der Waals surface area contributed by atoms with E-state index >= 15 is 0 Å². The molecule has 0 unspecified atom stereocenters. The van der Waals surface area contributed by atoms with Crippen molar-refractivity contribution in [1.29, 1.82) is 0 Å². The lowest BCUT2D eigenvalue weighted by atomic mass is 9.88. The molecular weight excluding hydrogens is 1440 g/mol. The van der Waals surface area contributed by atoms with Crippen LogP contribution in [0.25, 0.3) is 121 Å². The van der Waals surface area contributed by atoms with E-state index in [9.17, 15) is 0 Å². The Bertz CT molecular complexity index is 6150. The van der Waals surface area contributed by atoms with Crippen LogP contribution in [0.3, 0.4) is 0 Å². The zero-order valence-corrected chi connectivity index (χ0v) is 65.4. The Labute approximate surface area is 667 Å². The van der Waals surface area contributed by atoms with Gasteiger partial charge in [-0.05, 0) is 187 Å². The Balaban J connectivity index is 1.05. The van der Waals surface area contributed by atoms with Crippen molar-refractivity contribution in [2.45, 2.75) is 107 Å². The molecule has 0 saturated carbocycles. The third-order valence-electron chi connectivity index (χ3n) is 23.2. The summed E-state index contributed by atoms with van der Waals surface area (Å²) in [4.78, 5) is 96.6. The van der Waals surface area contributed by atoms with Gasteiger partial charge in [0.25, 0.3) is 0 Å². The Kier molecular flexibility index (Phi) is 17.6. The first-order valence-electron chi connectivity index (χ1n) is 39.9. The van der Waals surface area contributed by atoms with Crippen molar-refractivity contribution in [2.75, 3.05) is 19.6 Å². The van der Waals surface area contributed by atoms with E-state index in [-0.39, 0.29) is 0 Å². The summed E-state index contributed by atoms with van der Waals surface area (Å²) in [6, 6.07) is 43.1. The highest BCUT2D eigenvalue weighted by atomic mass is 15.2. The van der Waals surface area contributed by atoms with Gasteiger partial charge in [0.15, 0.2) is 45.2 Å². The second-order valence-electron chi connectivity index (χ2n) is 28.9. The molecule has 0 N–H and O–H groups in total. The van der Waals surface area contributed by atoms with E-state index in [0.29, 0.717) is 102 Å². The van der Waals surface area contributed by atoms with Crippen molar-refractivity contribution in [3.05, 3.63) is 271 Å². The Hall–Kier alpha value is -14.5. The average Bonchev–Trinajstić information content (AvgIpc) is 0.692. The summed E-state index contributed by atoms with van der Waals surface area (Å²) in [6.07, 6.45) is 37.2. The molecule has 16 aromatic heterocycles. The molecule has 21 heteroatoms. The fraction of sp³-hybridized carbons (Fsp3) is 0.168. The van der Waals surface area contributed by atoms with E-state index in [1.54, 1.807) is 12.4 Å². The Morgan fingerprint density at radius 1 is 0.181 bits per heavy atom. The standard InChI is InChI=1S/C95H77N21/c1-9-54-62-24-17-35-97-88(62)105-46-77(54)113(78-47-106-89-63(55(78)10-2)25-18-36-98-89)73-44-74(114(79-48-107-90-64(56(79)11-3)26-19-37-99-90)80-49-108-91-65(57(80)12-4)27-20-38-100-91)70-33-34-72-76(116(83-52-111-94-68(60(83)15-7)30-23-41-103-94)84-53-112-95-87(61(84)16-8)96-42-43-104-95)45-75(71-32-31-69(73)85(70)86(71)72)115(81-50-109-92-66(58(81)13-5)28-21-39-101-92)82-51-110-93-67(59(82)14-6)29-22-40-102-93/h17-53H,9-16H2,1-8H3. The van der Waals surface area contributed by atoms with Crippen LogP contribution in [0.1, 0.15) is 99.9 Å². The maximum Gasteiger partial charge on any atom is 0.178 e. The minimum atomic E-state index is 0.540. The largest absolute Gasteiger partial charge is 0.306 e. The predicted octanol–water partition coefficient (Wildman–Crippen LogP) is 21.9. The zero-order chi connectivity index (χ0) is 78.4. The molecule has 16 heterocycles. The molecule has 116 heavy (non-hydrogen) atoms. The summed E-state index contributed by atoms with van der Waals surface area (Å²) >= 11 is 0. The molecule has 0 spiro atoms. The summed E-state index contributed by atoms with van der Waals surface area (Å²) in [5.74, 6) is 0. The van der Waals surface area contributed by atoms with Crippen LogP contribution in [0, 0.1) is 0 Å². The molecule has 562 valence electrons. The number of pyridine rings is 15. The highest BCUT2D eigenvalue weighted by Crippen LogP contribution is 2.58. The van der Waals surface area contributed by atoms with Gasteiger partial charge in [-0.1, -0.05) is 79.7 Å². The molecule has 21 nitrogen and oxygen atoms in total. The number of aromatic nitrogens is 17. The van der Waals surface area contributed by atoms with E-state index in [1.807, 2.05) is 135 Å². The first-order valence-corrected chi connectivity index (χ1v) is 39.9. The number of rotatable bonds is 20. The summed E-state index contributed by atoms with van der Waals surface area (Å²) < 4.78 is 0. The lowest BCUT2D eigenvalue weighted by molar-refractivity contribution is 1.07. The first kappa shape index (κ1) is 70.6. The van der Waals surface area contributed by atoms with Gasteiger partial charge in [-0.2, -0.15) is 0 Å². The van der Waals surface area contributed by atoms with Crippen molar-refractivity contribution in [3.63, 3.8) is 0 Å². The van der Waals surface area contributed by atoms with Crippen LogP contribution < -0.4 is 19.6 Å². The molecule has 0 bridgehead atoms. The number of hydrogen-bond acceptors (Lipinski definition) is 21. The minimum absolute atomic E-state index is 0.540. The topological polar surface area (TPSA) is 232 Å². The van der Waals surface area contributed by atoms with Crippen molar-refractivity contribution in [3.8, 4) is 0 Å². The van der Waals surface area contributed by atoms with Crippen LogP contribution in [-0.4, -0.2) is 84.7 Å². The zero-order valence-electron chi connectivity index (χ0n) is 65.4. The fourth-order valence-electron chi connectivity index (χ4n) is 18.2. The van der Waals surface area contributed by atoms with Crippen LogP contribution in [0.2, 0.25) is 0 Å². The minimum Gasteiger partial charge on any atom is -0.306 e. The maximum absolute atomic E-state index is 5.33. The first-order chi connectivity index (χ1) is 57.3. The fourth-order valence-corrected chi connectivity index (χ4v) is 18.2. The maximum atomic E-state index is 5.33. The molecule has 0 atom stereocenters. The summed E-state index contributed by atoms with van der Waals surface area (Å²) in [6.45, 7) is 17.7. The molecule has 0 amide bonds. The number of benzene rings is 4. The molecule has 0 aliphatic heterocycles.